The van der Waals surface area contributed by atoms with Gasteiger partial charge in [0.2, 0.25) is 0 Å². The third-order valence-corrected chi connectivity index (χ3v) is 3.72. The monoisotopic (exact) mass is 247 g/mol. The minimum absolute atomic E-state index is 0.0922. The quantitative estimate of drug-likeness (QED) is 0.812. The average Bonchev–Trinajstić information content (AvgIpc) is 2.61. The van der Waals surface area contributed by atoms with Crippen molar-refractivity contribution in [1.29, 1.82) is 0 Å². The molecule has 1 rings (SSSR count). The molecule has 1 heterocycles. The molecule has 3 N–H and O–H groups in total. The molecule has 0 fully saturated rings. The highest BCUT2D eigenvalue weighted by Gasteiger charge is 2.13. The highest BCUT2D eigenvalue weighted by Crippen LogP contribution is 2.23. The maximum atomic E-state index is 9.76. The van der Waals surface area contributed by atoms with Crippen LogP contribution in [-0.4, -0.2) is 17.3 Å². The number of aliphatic hydroxyl groups excluding tert-OH is 1. The first kappa shape index (κ1) is 13.0. The topological polar surface area (TPSA) is 46.2 Å². The molecule has 0 amide bonds. The van der Waals surface area contributed by atoms with Crippen LogP contribution in [0, 0.1) is 0 Å². The van der Waals surface area contributed by atoms with Crippen molar-refractivity contribution in [2.45, 2.75) is 44.8 Å². The van der Waals surface area contributed by atoms with E-state index in [0.717, 1.165) is 30.0 Å². The van der Waals surface area contributed by atoms with Gasteiger partial charge in [-0.05, 0) is 31.4 Å². The summed E-state index contributed by atoms with van der Waals surface area (Å²) in [7, 11) is 0. The lowest BCUT2D eigenvalue weighted by Gasteiger charge is -2.17. The van der Waals surface area contributed by atoms with E-state index in [1.165, 1.54) is 4.88 Å². The van der Waals surface area contributed by atoms with Crippen LogP contribution in [0.2, 0.25) is 4.34 Å². The first-order valence-electron chi connectivity index (χ1n) is 5.31. The van der Waals surface area contributed by atoms with Crippen molar-refractivity contribution < 1.29 is 5.11 Å². The van der Waals surface area contributed by atoms with Gasteiger partial charge in [-0.2, -0.15) is 0 Å². The summed E-state index contributed by atoms with van der Waals surface area (Å²) >= 11 is 7.39. The smallest absolute Gasteiger partial charge is 0.0931 e. The molecule has 1 aromatic rings. The van der Waals surface area contributed by atoms with E-state index in [2.05, 4.69) is 6.92 Å². The van der Waals surface area contributed by atoms with Crippen molar-refractivity contribution in [3.8, 4) is 0 Å². The fraction of sp³-hybridized carbons (Fsp3) is 0.636. The molecule has 0 saturated carbocycles. The number of hydrogen-bond donors (Lipinski definition) is 2. The average molecular weight is 248 g/mol. The van der Waals surface area contributed by atoms with Crippen molar-refractivity contribution in [1.82, 2.24) is 0 Å². The van der Waals surface area contributed by atoms with Crippen LogP contribution in [0.15, 0.2) is 12.1 Å². The summed E-state index contributed by atoms with van der Waals surface area (Å²) in [6.07, 6.45) is 3.08. The first-order chi connectivity index (χ1) is 7.13. The molecule has 0 aliphatic carbocycles. The summed E-state index contributed by atoms with van der Waals surface area (Å²) in [5.74, 6) is 0. The Labute approximate surface area is 100 Å². The molecule has 2 atom stereocenters. The van der Waals surface area contributed by atoms with E-state index in [4.69, 9.17) is 17.3 Å². The maximum Gasteiger partial charge on any atom is 0.0931 e. The zero-order chi connectivity index (χ0) is 11.3. The molecule has 4 heteroatoms. The number of aryl methyl sites for hydroxylation is 1. The largest absolute Gasteiger partial charge is 0.392 e. The molecule has 0 aromatic carbocycles. The minimum Gasteiger partial charge on any atom is -0.392 e. The van der Waals surface area contributed by atoms with Gasteiger partial charge in [-0.1, -0.05) is 24.9 Å². The van der Waals surface area contributed by atoms with Crippen LogP contribution < -0.4 is 5.73 Å². The molecular formula is C11H18ClNOS. The second kappa shape index (κ2) is 6.48. The van der Waals surface area contributed by atoms with Gasteiger partial charge in [0.1, 0.15) is 0 Å². The number of nitrogens with two attached hydrogens (primary N) is 1. The molecule has 0 spiro atoms. The second-order valence-electron chi connectivity index (χ2n) is 3.76. The van der Waals surface area contributed by atoms with Crippen molar-refractivity contribution >= 4 is 22.9 Å². The molecule has 2 nitrogen and oxygen atoms in total. The summed E-state index contributed by atoms with van der Waals surface area (Å²) in [6.45, 7) is 2.08. The molecule has 2 unspecified atom stereocenters. The number of aliphatic hydroxyl groups is 1. The summed E-state index contributed by atoms with van der Waals surface area (Å²) in [5.41, 5.74) is 5.82. The second-order valence-corrected chi connectivity index (χ2v) is 5.56. The molecule has 0 aliphatic rings. The first-order valence-corrected chi connectivity index (χ1v) is 6.50. The van der Waals surface area contributed by atoms with Crippen LogP contribution in [0.1, 0.15) is 31.1 Å². The zero-order valence-electron chi connectivity index (χ0n) is 8.95. The van der Waals surface area contributed by atoms with Crippen molar-refractivity contribution in [2.24, 2.45) is 5.73 Å². The SMILES string of the molecule is CCCC(N)C(O)CCc1ccc(Cl)s1. The van der Waals surface area contributed by atoms with E-state index in [9.17, 15) is 5.11 Å². The van der Waals surface area contributed by atoms with Gasteiger partial charge in [0, 0.05) is 10.9 Å². The summed E-state index contributed by atoms with van der Waals surface area (Å²) in [4.78, 5) is 1.21. The molecule has 0 bridgehead atoms. The fourth-order valence-corrected chi connectivity index (χ4v) is 2.62. The third kappa shape index (κ3) is 4.51. The zero-order valence-corrected chi connectivity index (χ0v) is 10.5. The predicted octanol–water partition coefficient (Wildman–Crippen LogP) is 2.82. The Morgan fingerprint density at radius 1 is 1.47 bits per heavy atom. The molecule has 0 radical (unpaired) electrons. The van der Waals surface area contributed by atoms with Crippen LogP contribution in [-0.2, 0) is 6.42 Å². The Bertz CT molecular complexity index is 290. The van der Waals surface area contributed by atoms with Gasteiger partial charge >= 0.3 is 0 Å². The Kier molecular flexibility index (Phi) is 5.61. The standard InChI is InChI=1S/C11H18ClNOS/c1-2-3-9(13)10(14)6-4-8-5-7-11(12)15-8/h5,7,9-10,14H,2-4,6,13H2,1H3. The fourth-order valence-electron chi connectivity index (χ4n) is 1.52. The van der Waals surface area contributed by atoms with Gasteiger partial charge in [-0.15, -0.1) is 11.3 Å². The number of halogens is 1. The normalized spacial score (nSPS) is 15.2. The molecule has 0 aliphatic heterocycles. The number of hydrogen-bond acceptors (Lipinski definition) is 3. The van der Waals surface area contributed by atoms with Gasteiger partial charge in [-0.25, -0.2) is 0 Å². The van der Waals surface area contributed by atoms with Crippen LogP contribution in [0.25, 0.3) is 0 Å². The van der Waals surface area contributed by atoms with Crippen molar-refractivity contribution in [2.75, 3.05) is 0 Å². The van der Waals surface area contributed by atoms with E-state index in [1.54, 1.807) is 11.3 Å². The Hall–Kier alpha value is -0.0900. The van der Waals surface area contributed by atoms with Crippen LogP contribution in [0.5, 0.6) is 0 Å². The van der Waals surface area contributed by atoms with Gasteiger partial charge < -0.3 is 10.8 Å². The Morgan fingerprint density at radius 2 is 2.20 bits per heavy atom. The number of rotatable bonds is 6. The number of thiophene rings is 1. The highest BCUT2D eigenvalue weighted by molar-refractivity contribution is 7.16. The van der Waals surface area contributed by atoms with E-state index < -0.39 is 6.10 Å². The lowest BCUT2D eigenvalue weighted by Crippen LogP contribution is -2.34. The van der Waals surface area contributed by atoms with Gasteiger partial charge in [0.05, 0.1) is 10.4 Å². The van der Waals surface area contributed by atoms with E-state index in [-0.39, 0.29) is 6.04 Å². The maximum absolute atomic E-state index is 9.76. The molecular weight excluding hydrogens is 230 g/mol. The van der Waals surface area contributed by atoms with Gasteiger partial charge in [0.15, 0.2) is 0 Å². The van der Waals surface area contributed by atoms with E-state index >= 15 is 0 Å². The third-order valence-electron chi connectivity index (χ3n) is 2.43. The highest BCUT2D eigenvalue weighted by atomic mass is 35.5. The summed E-state index contributed by atoms with van der Waals surface area (Å²) in [6, 6.07) is 3.80. The Morgan fingerprint density at radius 3 is 2.73 bits per heavy atom. The lowest BCUT2D eigenvalue weighted by atomic mass is 10.0. The summed E-state index contributed by atoms with van der Waals surface area (Å²) in [5, 5.41) is 9.76. The minimum atomic E-state index is -0.397. The van der Waals surface area contributed by atoms with Gasteiger partial charge in [0.25, 0.3) is 0 Å². The molecule has 0 saturated heterocycles. The molecule has 15 heavy (non-hydrogen) atoms. The molecule has 86 valence electrons. The van der Waals surface area contributed by atoms with Crippen LogP contribution >= 0.6 is 22.9 Å². The van der Waals surface area contributed by atoms with Gasteiger partial charge in [-0.3, -0.25) is 0 Å². The van der Waals surface area contributed by atoms with Crippen LogP contribution in [0.3, 0.4) is 0 Å². The summed E-state index contributed by atoms with van der Waals surface area (Å²) < 4.78 is 0.803. The van der Waals surface area contributed by atoms with E-state index in [0.29, 0.717) is 0 Å². The lowest BCUT2D eigenvalue weighted by molar-refractivity contribution is 0.131. The predicted molar refractivity (Wildman–Crippen MR) is 66.5 cm³/mol. The van der Waals surface area contributed by atoms with Crippen molar-refractivity contribution in [3.05, 3.63) is 21.3 Å². The van der Waals surface area contributed by atoms with Crippen LogP contribution in [0.4, 0.5) is 0 Å². The van der Waals surface area contributed by atoms with Crippen molar-refractivity contribution in [3.63, 3.8) is 0 Å². The van der Waals surface area contributed by atoms with E-state index in [1.807, 2.05) is 12.1 Å². The Balaban J connectivity index is 2.30. The molecule has 1 aromatic heterocycles.